The van der Waals surface area contributed by atoms with Gasteiger partial charge in [0.25, 0.3) is 0 Å². The maximum absolute atomic E-state index is 13.6. The lowest BCUT2D eigenvalue weighted by atomic mass is 10.0. The number of nitrogens with one attached hydrogen (secondary N) is 1. The standard InChI is InChI=1S/C27H27Cl3N2O2/c1-2-31-27(34)25(17-19-8-4-3-5-9-19)32(18-20-12-14-23(29)24(30)16-20)26(33)15-13-21-10-6-7-11-22(21)28/h3-12,14,16,25H,2,13,15,17-18H2,1H3,(H,31,34)/t25-/m1/s1. The second kappa shape index (κ2) is 12.8. The highest BCUT2D eigenvalue weighted by Gasteiger charge is 2.30. The van der Waals surface area contributed by atoms with Crippen LogP contribution in [0.2, 0.25) is 15.1 Å². The van der Waals surface area contributed by atoms with Crippen molar-refractivity contribution in [2.75, 3.05) is 6.54 Å². The van der Waals surface area contributed by atoms with E-state index in [1.807, 2.05) is 67.6 Å². The topological polar surface area (TPSA) is 49.4 Å². The first-order valence-electron chi connectivity index (χ1n) is 11.2. The van der Waals surface area contributed by atoms with Gasteiger partial charge in [0.2, 0.25) is 11.8 Å². The van der Waals surface area contributed by atoms with E-state index in [9.17, 15) is 9.59 Å². The number of amides is 2. The summed E-state index contributed by atoms with van der Waals surface area (Å²) in [5.74, 6) is -0.337. The van der Waals surface area contributed by atoms with E-state index in [4.69, 9.17) is 34.8 Å². The van der Waals surface area contributed by atoms with Crippen molar-refractivity contribution in [2.24, 2.45) is 0 Å². The molecule has 0 bridgehead atoms. The third-order valence-corrected chi connectivity index (χ3v) is 6.63. The molecule has 2 amide bonds. The molecule has 0 saturated heterocycles. The summed E-state index contributed by atoms with van der Waals surface area (Å²) >= 11 is 18.6. The van der Waals surface area contributed by atoms with Gasteiger partial charge in [-0.25, -0.2) is 0 Å². The zero-order valence-corrected chi connectivity index (χ0v) is 21.2. The lowest BCUT2D eigenvalue weighted by Gasteiger charge is -2.31. The van der Waals surface area contributed by atoms with Gasteiger partial charge >= 0.3 is 0 Å². The monoisotopic (exact) mass is 516 g/mol. The van der Waals surface area contributed by atoms with Crippen molar-refractivity contribution < 1.29 is 9.59 Å². The third kappa shape index (κ3) is 7.23. The molecule has 4 nitrogen and oxygen atoms in total. The number of rotatable bonds is 10. The maximum Gasteiger partial charge on any atom is 0.243 e. The van der Waals surface area contributed by atoms with Crippen LogP contribution < -0.4 is 5.32 Å². The molecule has 0 aliphatic rings. The molecule has 0 spiro atoms. The van der Waals surface area contributed by atoms with E-state index in [0.717, 1.165) is 16.7 Å². The Morgan fingerprint density at radius 3 is 2.24 bits per heavy atom. The smallest absolute Gasteiger partial charge is 0.243 e. The SMILES string of the molecule is CCNC(=O)[C@@H](Cc1ccccc1)N(Cc1ccc(Cl)c(Cl)c1)C(=O)CCc1ccccc1Cl. The van der Waals surface area contributed by atoms with Crippen LogP contribution in [0.1, 0.15) is 30.0 Å². The highest BCUT2D eigenvalue weighted by atomic mass is 35.5. The van der Waals surface area contributed by atoms with Gasteiger partial charge in [0.1, 0.15) is 6.04 Å². The van der Waals surface area contributed by atoms with Gasteiger partial charge in [0.15, 0.2) is 0 Å². The van der Waals surface area contributed by atoms with E-state index in [2.05, 4.69) is 5.32 Å². The molecule has 0 aliphatic carbocycles. The van der Waals surface area contributed by atoms with Crippen molar-refractivity contribution in [2.45, 2.75) is 38.8 Å². The van der Waals surface area contributed by atoms with Crippen molar-refractivity contribution in [3.63, 3.8) is 0 Å². The van der Waals surface area contributed by atoms with Gasteiger partial charge in [-0.05, 0) is 48.2 Å². The fourth-order valence-electron chi connectivity index (χ4n) is 3.77. The molecule has 7 heteroatoms. The predicted molar refractivity (Wildman–Crippen MR) is 139 cm³/mol. The molecule has 1 atom stereocenters. The summed E-state index contributed by atoms with van der Waals surface area (Å²) in [6.07, 6.45) is 1.09. The van der Waals surface area contributed by atoms with Crippen LogP contribution in [0, 0.1) is 0 Å². The average Bonchev–Trinajstić information content (AvgIpc) is 2.83. The molecule has 3 rings (SSSR count). The summed E-state index contributed by atoms with van der Waals surface area (Å²) in [4.78, 5) is 28.4. The molecule has 0 aromatic heterocycles. The first kappa shape index (κ1) is 26.1. The Bertz CT molecular complexity index is 1120. The van der Waals surface area contributed by atoms with Crippen LogP contribution in [0.25, 0.3) is 0 Å². The maximum atomic E-state index is 13.6. The van der Waals surface area contributed by atoms with E-state index in [-0.39, 0.29) is 24.8 Å². The third-order valence-electron chi connectivity index (χ3n) is 5.53. The van der Waals surface area contributed by atoms with E-state index in [0.29, 0.717) is 34.5 Å². The molecule has 3 aromatic carbocycles. The van der Waals surface area contributed by atoms with Crippen molar-refractivity contribution in [1.82, 2.24) is 10.2 Å². The second-order valence-electron chi connectivity index (χ2n) is 7.96. The van der Waals surface area contributed by atoms with Gasteiger partial charge in [0.05, 0.1) is 10.0 Å². The number of aryl methyl sites for hydroxylation is 1. The second-order valence-corrected chi connectivity index (χ2v) is 9.18. The minimum atomic E-state index is -0.685. The number of likely N-dealkylation sites (N-methyl/N-ethyl adjacent to an activating group) is 1. The Balaban J connectivity index is 1.92. The summed E-state index contributed by atoms with van der Waals surface area (Å²) in [7, 11) is 0. The van der Waals surface area contributed by atoms with E-state index in [1.165, 1.54) is 0 Å². The summed E-state index contributed by atoms with van der Waals surface area (Å²) in [5.41, 5.74) is 2.66. The number of carbonyl (C=O) groups excluding carboxylic acids is 2. The van der Waals surface area contributed by atoms with Crippen molar-refractivity contribution in [3.8, 4) is 0 Å². The van der Waals surface area contributed by atoms with Crippen LogP contribution in [-0.4, -0.2) is 29.3 Å². The Morgan fingerprint density at radius 1 is 0.853 bits per heavy atom. The summed E-state index contributed by atoms with van der Waals surface area (Å²) < 4.78 is 0. The number of benzene rings is 3. The van der Waals surface area contributed by atoms with Gasteiger partial charge in [0, 0.05) is 31.0 Å². The molecule has 0 fully saturated rings. The van der Waals surface area contributed by atoms with E-state index < -0.39 is 6.04 Å². The molecule has 1 N–H and O–H groups in total. The molecule has 0 radical (unpaired) electrons. The zero-order valence-electron chi connectivity index (χ0n) is 18.9. The van der Waals surface area contributed by atoms with Crippen LogP contribution in [0.4, 0.5) is 0 Å². The number of nitrogens with zero attached hydrogens (tertiary/aromatic N) is 1. The fraction of sp³-hybridized carbons (Fsp3) is 0.259. The normalized spacial score (nSPS) is 11.6. The molecule has 0 saturated carbocycles. The zero-order chi connectivity index (χ0) is 24.5. The van der Waals surface area contributed by atoms with Crippen molar-refractivity contribution in [1.29, 1.82) is 0 Å². The number of halogens is 3. The first-order valence-corrected chi connectivity index (χ1v) is 12.3. The number of carbonyl (C=O) groups is 2. The molecular weight excluding hydrogens is 491 g/mol. The number of hydrogen-bond acceptors (Lipinski definition) is 2. The summed E-state index contributed by atoms with van der Waals surface area (Å²) in [6.45, 7) is 2.56. The number of hydrogen-bond donors (Lipinski definition) is 1. The Kier molecular flexibility index (Phi) is 9.82. The quantitative estimate of drug-likeness (QED) is 0.340. The predicted octanol–water partition coefficient (Wildman–Crippen LogP) is 6.36. The van der Waals surface area contributed by atoms with Crippen LogP contribution in [0.5, 0.6) is 0 Å². The van der Waals surface area contributed by atoms with Crippen LogP contribution in [-0.2, 0) is 29.0 Å². The molecule has 3 aromatic rings. The first-order chi connectivity index (χ1) is 16.4. The fourth-order valence-corrected chi connectivity index (χ4v) is 4.32. The molecule has 0 heterocycles. The molecule has 178 valence electrons. The highest BCUT2D eigenvalue weighted by Crippen LogP contribution is 2.25. The average molecular weight is 518 g/mol. The minimum absolute atomic E-state index is 0.141. The Hall–Kier alpha value is -2.53. The van der Waals surface area contributed by atoms with Crippen LogP contribution >= 0.6 is 34.8 Å². The largest absolute Gasteiger partial charge is 0.355 e. The molecular formula is C27H27Cl3N2O2. The lowest BCUT2D eigenvalue weighted by molar-refractivity contribution is -0.141. The van der Waals surface area contributed by atoms with Crippen molar-refractivity contribution >= 4 is 46.6 Å². The molecule has 34 heavy (non-hydrogen) atoms. The van der Waals surface area contributed by atoms with Gasteiger partial charge in [-0.3, -0.25) is 9.59 Å². The van der Waals surface area contributed by atoms with E-state index in [1.54, 1.807) is 17.0 Å². The lowest BCUT2D eigenvalue weighted by Crippen LogP contribution is -2.50. The summed E-state index contributed by atoms with van der Waals surface area (Å²) in [6, 6.07) is 21.7. The van der Waals surface area contributed by atoms with Crippen molar-refractivity contribution in [3.05, 3.63) is 105 Å². The van der Waals surface area contributed by atoms with Gasteiger partial charge < -0.3 is 10.2 Å². The van der Waals surface area contributed by atoms with Gasteiger partial charge in [-0.2, -0.15) is 0 Å². The summed E-state index contributed by atoms with van der Waals surface area (Å²) in [5, 5.41) is 4.35. The minimum Gasteiger partial charge on any atom is -0.355 e. The highest BCUT2D eigenvalue weighted by molar-refractivity contribution is 6.42. The Labute approximate surface area is 215 Å². The molecule has 0 aliphatic heterocycles. The van der Waals surface area contributed by atoms with Crippen LogP contribution in [0.3, 0.4) is 0 Å². The van der Waals surface area contributed by atoms with Crippen LogP contribution in [0.15, 0.2) is 72.8 Å². The molecule has 0 unspecified atom stereocenters. The Morgan fingerprint density at radius 2 is 1.56 bits per heavy atom. The van der Waals surface area contributed by atoms with E-state index >= 15 is 0 Å². The van der Waals surface area contributed by atoms with Gasteiger partial charge in [-0.15, -0.1) is 0 Å². The van der Waals surface area contributed by atoms with Gasteiger partial charge in [-0.1, -0.05) is 89.4 Å².